The number of hydrogen-bond acceptors (Lipinski definition) is 5. The molecule has 2 aromatic heterocycles. The van der Waals surface area contributed by atoms with Gasteiger partial charge in [-0.3, -0.25) is 9.78 Å². The summed E-state index contributed by atoms with van der Waals surface area (Å²) in [4.78, 5) is 23.3. The standard InChI is InChI=1S/C16H15F4N5O/c17-11-3-4-21-14(11)15(26)23-7-10-5-12(25-8-24-10)9-1-2-13(22-6-9)16(18,19)20/h1-2,5-6,8,11,14,21H,3-4,7H2,(H,23,26)/t11-,14+/m1/s1. The van der Waals surface area contributed by atoms with E-state index in [0.29, 0.717) is 23.5 Å². The molecule has 0 saturated carbocycles. The van der Waals surface area contributed by atoms with Gasteiger partial charge in [0, 0.05) is 11.8 Å². The summed E-state index contributed by atoms with van der Waals surface area (Å²) in [6.07, 6.45) is -3.14. The third-order valence-corrected chi connectivity index (χ3v) is 3.95. The van der Waals surface area contributed by atoms with Gasteiger partial charge in [0.15, 0.2) is 0 Å². The first-order valence-corrected chi connectivity index (χ1v) is 7.84. The molecule has 0 radical (unpaired) electrons. The molecule has 0 unspecified atom stereocenters. The van der Waals surface area contributed by atoms with Gasteiger partial charge < -0.3 is 10.6 Å². The predicted octanol–water partition coefficient (Wildman–Crippen LogP) is 1.87. The summed E-state index contributed by atoms with van der Waals surface area (Å²) < 4.78 is 51.2. The first kappa shape index (κ1) is 18.2. The monoisotopic (exact) mass is 369 g/mol. The molecule has 2 aromatic rings. The van der Waals surface area contributed by atoms with Crippen molar-refractivity contribution in [2.75, 3.05) is 6.54 Å². The SMILES string of the molecule is O=C(NCc1cc(-c2ccc(C(F)(F)F)nc2)ncn1)[C@H]1NCC[C@H]1F. The highest BCUT2D eigenvalue weighted by Crippen LogP contribution is 2.28. The van der Waals surface area contributed by atoms with Crippen LogP contribution in [0.3, 0.4) is 0 Å². The third kappa shape index (κ3) is 4.13. The number of rotatable bonds is 4. The fourth-order valence-electron chi connectivity index (χ4n) is 2.58. The van der Waals surface area contributed by atoms with Crippen molar-refractivity contribution in [1.29, 1.82) is 0 Å². The van der Waals surface area contributed by atoms with Crippen molar-refractivity contribution in [2.24, 2.45) is 0 Å². The van der Waals surface area contributed by atoms with Crippen molar-refractivity contribution in [2.45, 2.75) is 31.4 Å². The Labute approximate surface area is 146 Å². The molecule has 2 atom stereocenters. The summed E-state index contributed by atoms with van der Waals surface area (Å²) >= 11 is 0. The Morgan fingerprint density at radius 3 is 2.69 bits per heavy atom. The van der Waals surface area contributed by atoms with E-state index in [-0.39, 0.29) is 13.0 Å². The van der Waals surface area contributed by atoms with Crippen LogP contribution in [0, 0.1) is 0 Å². The Bertz CT molecular complexity index is 781. The van der Waals surface area contributed by atoms with Crippen molar-refractivity contribution in [3.8, 4) is 11.3 Å². The minimum absolute atomic E-state index is 0.0489. The van der Waals surface area contributed by atoms with Crippen LogP contribution in [0.25, 0.3) is 11.3 Å². The highest BCUT2D eigenvalue weighted by Gasteiger charge is 2.33. The quantitative estimate of drug-likeness (QED) is 0.805. The minimum Gasteiger partial charge on any atom is -0.349 e. The fourth-order valence-corrected chi connectivity index (χ4v) is 2.58. The van der Waals surface area contributed by atoms with E-state index in [2.05, 4.69) is 25.6 Å². The minimum atomic E-state index is -4.51. The normalized spacial score (nSPS) is 20.2. The molecule has 1 amide bonds. The number of pyridine rings is 1. The van der Waals surface area contributed by atoms with Gasteiger partial charge in [0.05, 0.1) is 17.9 Å². The number of carbonyl (C=O) groups is 1. The van der Waals surface area contributed by atoms with Gasteiger partial charge in [-0.2, -0.15) is 13.2 Å². The molecule has 2 N–H and O–H groups in total. The maximum atomic E-state index is 13.5. The Kier molecular flexibility index (Phi) is 5.12. The summed E-state index contributed by atoms with van der Waals surface area (Å²) in [6, 6.07) is 2.78. The van der Waals surface area contributed by atoms with Gasteiger partial charge >= 0.3 is 6.18 Å². The van der Waals surface area contributed by atoms with Crippen molar-refractivity contribution in [1.82, 2.24) is 25.6 Å². The van der Waals surface area contributed by atoms with E-state index in [9.17, 15) is 22.4 Å². The first-order chi connectivity index (χ1) is 12.3. The molecule has 3 heterocycles. The molecule has 10 heteroatoms. The number of nitrogens with zero attached hydrogens (tertiary/aromatic N) is 3. The van der Waals surface area contributed by atoms with Crippen LogP contribution in [0.5, 0.6) is 0 Å². The van der Waals surface area contributed by atoms with Gasteiger partial charge in [0.25, 0.3) is 0 Å². The van der Waals surface area contributed by atoms with E-state index < -0.39 is 30.0 Å². The zero-order chi connectivity index (χ0) is 18.7. The maximum Gasteiger partial charge on any atom is 0.433 e. The number of carbonyl (C=O) groups excluding carboxylic acids is 1. The molecule has 138 valence electrons. The van der Waals surface area contributed by atoms with Crippen LogP contribution in [-0.2, 0) is 17.5 Å². The zero-order valence-electron chi connectivity index (χ0n) is 13.4. The lowest BCUT2D eigenvalue weighted by Gasteiger charge is -2.13. The molecule has 0 aliphatic carbocycles. The summed E-state index contributed by atoms with van der Waals surface area (Å²) in [7, 11) is 0. The number of hydrogen-bond donors (Lipinski definition) is 2. The molecule has 1 aliphatic heterocycles. The lowest BCUT2D eigenvalue weighted by molar-refractivity contribution is -0.141. The predicted molar refractivity (Wildman–Crippen MR) is 83.4 cm³/mol. The van der Waals surface area contributed by atoms with Crippen molar-refractivity contribution in [3.05, 3.63) is 42.1 Å². The zero-order valence-corrected chi connectivity index (χ0v) is 13.4. The Morgan fingerprint density at radius 2 is 2.08 bits per heavy atom. The highest BCUT2D eigenvalue weighted by molar-refractivity contribution is 5.82. The Hall–Kier alpha value is -2.62. The van der Waals surface area contributed by atoms with Crippen LogP contribution in [0.2, 0.25) is 0 Å². The van der Waals surface area contributed by atoms with Crippen LogP contribution in [0.15, 0.2) is 30.7 Å². The van der Waals surface area contributed by atoms with E-state index >= 15 is 0 Å². The molecule has 3 rings (SSSR count). The number of amides is 1. The second-order valence-corrected chi connectivity index (χ2v) is 5.78. The lowest BCUT2D eigenvalue weighted by Crippen LogP contribution is -2.44. The lowest BCUT2D eigenvalue weighted by atomic mass is 10.1. The van der Waals surface area contributed by atoms with Gasteiger partial charge in [0.1, 0.15) is 24.2 Å². The van der Waals surface area contributed by atoms with E-state index in [1.54, 1.807) is 0 Å². The average Bonchev–Trinajstić information content (AvgIpc) is 3.05. The molecule has 1 aliphatic rings. The third-order valence-electron chi connectivity index (χ3n) is 3.95. The molecule has 0 spiro atoms. The smallest absolute Gasteiger partial charge is 0.349 e. The van der Waals surface area contributed by atoms with Gasteiger partial charge in [-0.05, 0) is 31.2 Å². The number of aromatic nitrogens is 3. The summed E-state index contributed by atoms with van der Waals surface area (Å²) in [5, 5.41) is 5.36. The van der Waals surface area contributed by atoms with Crippen molar-refractivity contribution in [3.63, 3.8) is 0 Å². The van der Waals surface area contributed by atoms with Gasteiger partial charge in [0.2, 0.25) is 5.91 Å². The van der Waals surface area contributed by atoms with Crippen molar-refractivity contribution >= 4 is 5.91 Å². The van der Waals surface area contributed by atoms with Gasteiger partial charge in [-0.25, -0.2) is 14.4 Å². The topological polar surface area (TPSA) is 79.8 Å². The summed E-state index contributed by atoms with van der Waals surface area (Å²) in [5.41, 5.74) is 0.200. The van der Waals surface area contributed by atoms with Crippen LogP contribution in [0.1, 0.15) is 17.8 Å². The fraction of sp³-hybridized carbons (Fsp3) is 0.375. The second kappa shape index (κ2) is 7.32. The highest BCUT2D eigenvalue weighted by atomic mass is 19.4. The van der Waals surface area contributed by atoms with Crippen molar-refractivity contribution < 1.29 is 22.4 Å². The molecule has 1 fully saturated rings. The number of halogens is 4. The van der Waals surface area contributed by atoms with Crippen LogP contribution >= 0.6 is 0 Å². The molecule has 0 aromatic carbocycles. The van der Waals surface area contributed by atoms with E-state index in [1.807, 2.05) is 0 Å². The molecular formula is C16H15F4N5O. The van der Waals surface area contributed by atoms with E-state index in [1.165, 1.54) is 18.5 Å². The Balaban J connectivity index is 1.67. The average molecular weight is 369 g/mol. The maximum absolute atomic E-state index is 13.5. The molecule has 6 nitrogen and oxygen atoms in total. The van der Waals surface area contributed by atoms with E-state index in [0.717, 1.165) is 12.3 Å². The molecule has 26 heavy (non-hydrogen) atoms. The number of nitrogens with one attached hydrogen (secondary N) is 2. The summed E-state index contributed by atoms with van der Waals surface area (Å²) in [6.45, 7) is 0.491. The first-order valence-electron chi connectivity index (χ1n) is 7.84. The molecule has 1 saturated heterocycles. The largest absolute Gasteiger partial charge is 0.433 e. The second-order valence-electron chi connectivity index (χ2n) is 5.78. The van der Waals surface area contributed by atoms with Crippen LogP contribution in [0.4, 0.5) is 17.6 Å². The van der Waals surface area contributed by atoms with Gasteiger partial charge in [-0.1, -0.05) is 0 Å². The Morgan fingerprint density at radius 1 is 1.27 bits per heavy atom. The summed E-state index contributed by atoms with van der Waals surface area (Å²) in [5.74, 6) is -0.466. The van der Waals surface area contributed by atoms with E-state index in [4.69, 9.17) is 0 Å². The molecular weight excluding hydrogens is 354 g/mol. The van der Waals surface area contributed by atoms with Gasteiger partial charge in [-0.15, -0.1) is 0 Å². The van der Waals surface area contributed by atoms with Crippen LogP contribution < -0.4 is 10.6 Å². The number of alkyl halides is 4. The van der Waals surface area contributed by atoms with Crippen LogP contribution in [-0.4, -0.2) is 39.6 Å². The molecule has 0 bridgehead atoms.